The SMILES string of the molecule is CCC(C)(N)OCC(N)C(C)(CC)OC(N)=O. The highest BCUT2D eigenvalue weighted by molar-refractivity contribution is 5.65. The molecule has 0 bridgehead atoms. The Morgan fingerprint density at radius 2 is 1.82 bits per heavy atom. The monoisotopic (exact) mass is 247 g/mol. The summed E-state index contributed by atoms with van der Waals surface area (Å²) >= 11 is 0. The Bertz CT molecular complexity index is 258. The minimum atomic E-state index is -0.838. The van der Waals surface area contributed by atoms with Crippen LogP contribution in [0.4, 0.5) is 4.79 Å². The van der Waals surface area contributed by atoms with Gasteiger partial charge in [0.05, 0.1) is 12.6 Å². The molecule has 0 radical (unpaired) electrons. The van der Waals surface area contributed by atoms with E-state index in [4.69, 9.17) is 26.7 Å². The van der Waals surface area contributed by atoms with Crippen molar-refractivity contribution in [1.82, 2.24) is 0 Å². The predicted molar refractivity (Wildman–Crippen MR) is 66.2 cm³/mol. The van der Waals surface area contributed by atoms with Gasteiger partial charge in [0.25, 0.3) is 0 Å². The number of rotatable bonds is 7. The lowest BCUT2D eigenvalue weighted by atomic mass is 9.94. The van der Waals surface area contributed by atoms with Crippen LogP contribution in [-0.2, 0) is 9.47 Å². The van der Waals surface area contributed by atoms with Gasteiger partial charge in [0.2, 0.25) is 0 Å². The molecule has 1 amide bonds. The van der Waals surface area contributed by atoms with Crippen LogP contribution in [0, 0.1) is 0 Å². The lowest BCUT2D eigenvalue weighted by Gasteiger charge is -2.35. The minimum Gasteiger partial charge on any atom is -0.442 e. The average molecular weight is 247 g/mol. The number of hydrogen-bond acceptors (Lipinski definition) is 5. The molecule has 6 N–H and O–H groups in total. The third-order valence-corrected chi connectivity index (χ3v) is 3.11. The van der Waals surface area contributed by atoms with Gasteiger partial charge in [-0.1, -0.05) is 13.8 Å². The van der Waals surface area contributed by atoms with Gasteiger partial charge in [0, 0.05) is 0 Å². The van der Waals surface area contributed by atoms with E-state index in [0.717, 1.165) is 0 Å². The van der Waals surface area contributed by atoms with Crippen LogP contribution in [0.1, 0.15) is 40.5 Å². The molecule has 0 fully saturated rings. The van der Waals surface area contributed by atoms with E-state index in [-0.39, 0.29) is 6.61 Å². The largest absolute Gasteiger partial charge is 0.442 e. The molecule has 0 aliphatic carbocycles. The van der Waals surface area contributed by atoms with Crippen molar-refractivity contribution in [3.63, 3.8) is 0 Å². The average Bonchev–Trinajstić information content (AvgIpc) is 2.24. The van der Waals surface area contributed by atoms with Gasteiger partial charge in [-0.3, -0.25) is 0 Å². The summed E-state index contributed by atoms with van der Waals surface area (Å²) in [6.45, 7) is 7.50. The Kier molecular flexibility index (Phi) is 5.87. The maximum Gasteiger partial charge on any atom is 0.405 e. The van der Waals surface area contributed by atoms with E-state index < -0.39 is 23.5 Å². The van der Waals surface area contributed by atoms with Crippen LogP contribution in [0.5, 0.6) is 0 Å². The van der Waals surface area contributed by atoms with Crippen LogP contribution in [-0.4, -0.2) is 30.1 Å². The van der Waals surface area contributed by atoms with Gasteiger partial charge in [0.15, 0.2) is 0 Å². The molecule has 6 nitrogen and oxygen atoms in total. The Labute approximate surface area is 103 Å². The van der Waals surface area contributed by atoms with Crippen molar-refractivity contribution in [3.8, 4) is 0 Å². The molecule has 0 heterocycles. The van der Waals surface area contributed by atoms with Crippen LogP contribution < -0.4 is 17.2 Å². The number of nitrogens with two attached hydrogens (primary N) is 3. The summed E-state index contributed by atoms with van der Waals surface area (Å²) < 4.78 is 10.5. The van der Waals surface area contributed by atoms with Gasteiger partial charge in [-0.2, -0.15) is 0 Å². The van der Waals surface area contributed by atoms with Gasteiger partial charge in [-0.05, 0) is 26.7 Å². The van der Waals surface area contributed by atoms with Gasteiger partial charge in [-0.15, -0.1) is 0 Å². The van der Waals surface area contributed by atoms with Crippen molar-refractivity contribution >= 4 is 6.09 Å². The van der Waals surface area contributed by atoms with Crippen LogP contribution in [0.3, 0.4) is 0 Å². The molecule has 0 saturated heterocycles. The first-order chi connectivity index (χ1) is 7.67. The van der Waals surface area contributed by atoms with Crippen LogP contribution in [0.15, 0.2) is 0 Å². The topological polar surface area (TPSA) is 114 Å². The Hall–Kier alpha value is -0.850. The maximum absolute atomic E-state index is 10.8. The summed E-state index contributed by atoms with van der Waals surface area (Å²) in [5.74, 6) is 0. The fraction of sp³-hybridized carbons (Fsp3) is 0.909. The summed E-state index contributed by atoms with van der Waals surface area (Å²) in [4.78, 5) is 10.8. The predicted octanol–water partition coefficient (Wildman–Crippen LogP) is 0.679. The molecule has 17 heavy (non-hydrogen) atoms. The zero-order valence-corrected chi connectivity index (χ0v) is 11.2. The van der Waals surface area contributed by atoms with E-state index in [1.165, 1.54) is 0 Å². The van der Waals surface area contributed by atoms with Crippen molar-refractivity contribution in [2.45, 2.75) is 57.9 Å². The van der Waals surface area contributed by atoms with Gasteiger partial charge >= 0.3 is 6.09 Å². The van der Waals surface area contributed by atoms with E-state index in [1.807, 2.05) is 13.8 Å². The Morgan fingerprint density at radius 3 is 2.18 bits per heavy atom. The highest BCUT2D eigenvalue weighted by Crippen LogP contribution is 2.20. The van der Waals surface area contributed by atoms with Crippen molar-refractivity contribution in [1.29, 1.82) is 0 Å². The van der Waals surface area contributed by atoms with E-state index in [9.17, 15) is 4.79 Å². The number of carbonyl (C=O) groups excluding carboxylic acids is 1. The minimum absolute atomic E-state index is 0.207. The van der Waals surface area contributed by atoms with Crippen LogP contribution >= 0.6 is 0 Å². The quantitative estimate of drug-likeness (QED) is 0.572. The van der Waals surface area contributed by atoms with Crippen LogP contribution in [0.2, 0.25) is 0 Å². The fourth-order valence-electron chi connectivity index (χ4n) is 1.20. The molecular weight excluding hydrogens is 222 g/mol. The summed E-state index contributed by atoms with van der Waals surface area (Å²) in [6, 6.07) is -0.477. The van der Waals surface area contributed by atoms with Crippen molar-refractivity contribution in [2.24, 2.45) is 17.2 Å². The molecule has 0 aliphatic rings. The van der Waals surface area contributed by atoms with Crippen molar-refractivity contribution in [2.75, 3.05) is 6.61 Å². The second kappa shape index (κ2) is 6.18. The second-order valence-corrected chi connectivity index (χ2v) is 4.67. The Morgan fingerprint density at radius 1 is 1.29 bits per heavy atom. The number of carbonyl (C=O) groups is 1. The molecule has 6 heteroatoms. The maximum atomic E-state index is 10.8. The highest BCUT2D eigenvalue weighted by atomic mass is 16.6. The first-order valence-corrected chi connectivity index (χ1v) is 5.83. The first kappa shape index (κ1) is 16.1. The molecule has 3 unspecified atom stereocenters. The van der Waals surface area contributed by atoms with E-state index in [0.29, 0.717) is 12.8 Å². The molecule has 0 aromatic carbocycles. The van der Waals surface area contributed by atoms with Gasteiger partial charge < -0.3 is 26.7 Å². The molecule has 3 atom stereocenters. The summed E-state index contributed by atoms with van der Waals surface area (Å²) in [5, 5.41) is 0. The highest BCUT2D eigenvalue weighted by Gasteiger charge is 2.35. The third kappa shape index (κ3) is 5.34. The number of primary amides is 1. The van der Waals surface area contributed by atoms with Crippen LogP contribution in [0.25, 0.3) is 0 Å². The molecule has 0 aromatic heterocycles. The second-order valence-electron chi connectivity index (χ2n) is 4.67. The summed E-state index contributed by atoms with van der Waals surface area (Å²) in [6.07, 6.45) is 0.378. The van der Waals surface area contributed by atoms with Crippen molar-refractivity contribution in [3.05, 3.63) is 0 Å². The van der Waals surface area contributed by atoms with Crippen molar-refractivity contribution < 1.29 is 14.3 Å². The van der Waals surface area contributed by atoms with Gasteiger partial charge in [0.1, 0.15) is 11.3 Å². The molecule has 0 aliphatic heterocycles. The molecular formula is C11H25N3O3. The Balaban J connectivity index is 4.45. The summed E-state index contributed by atoms with van der Waals surface area (Å²) in [7, 11) is 0. The molecule has 0 rings (SSSR count). The number of amides is 1. The standard InChI is InChI=1S/C11H25N3O3/c1-5-10(3,17-9(13)15)8(12)7-16-11(4,14)6-2/h8H,5-7,12,14H2,1-4H3,(H2,13,15). The first-order valence-electron chi connectivity index (χ1n) is 5.83. The zero-order valence-electron chi connectivity index (χ0n) is 11.2. The number of hydrogen-bond donors (Lipinski definition) is 3. The lowest BCUT2D eigenvalue weighted by Crippen LogP contribution is -2.54. The lowest BCUT2D eigenvalue weighted by molar-refractivity contribution is -0.0732. The molecule has 102 valence electrons. The van der Waals surface area contributed by atoms with E-state index in [2.05, 4.69) is 0 Å². The number of ether oxygens (including phenoxy) is 2. The molecule has 0 saturated carbocycles. The van der Waals surface area contributed by atoms with Gasteiger partial charge in [-0.25, -0.2) is 4.79 Å². The summed E-state index contributed by atoms with van der Waals surface area (Å²) in [5.41, 5.74) is 15.3. The molecule has 0 spiro atoms. The van der Waals surface area contributed by atoms with E-state index >= 15 is 0 Å². The third-order valence-electron chi connectivity index (χ3n) is 3.11. The zero-order chi connectivity index (χ0) is 13.7. The smallest absolute Gasteiger partial charge is 0.405 e. The normalized spacial score (nSPS) is 20.1. The fourth-order valence-corrected chi connectivity index (χ4v) is 1.20. The molecule has 0 aromatic rings. The van der Waals surface area contributed by atoms with E-state index in [1.54, 1.807) is 13.8 Å².